The number of nitrogens with one attached hydrogen (secondary N) is 1. The van der Waals surface area contributed by atoms with Crippen LogP contribution in [0.3, 0.4) is 0 Å². The second kappa shape index (κ2) is 5.93. The Labute approximate surface area is 111 Å². The van der Waals surface area contributed by atoms with Gasteiger partial charge in [-0.25, -0.2) is 4.79 Å². The molecule has 0 aliphatic carbocycles. The molecular formula is C12H20N2O3S. The van der Waals surface area contributed by atoms with Gasteiger partial charge in [0, 0.05) is 5.75 Å². The van der Waals surface area contributed by atoms with E-state index in [2.05, 4.69) is 12.2 Å². The van der Waals surface area contributed by atoms with Crippen molar-refractivity contribution >= 4 is 23.6 Å². The van der Waals surface area contributed by atoms with E-state index in [1.165, 1.54) is 0 Å². The summed E-state index contributed by atoms with van der Waals surface area (Å²) in [4.78, 5) is 25.3. The Morgan fingerprint density at radius 1 is 1.50 bits per heavy atom. The molecule has 3 atom stereocenters. The average molecular weight is 272 g/mol. The maximum atomic E-state index is 12.4. The van der Waals surface area contributed by atoms with Crippen LogP contribution in [0.5, 0.6) is 0 Å². The van der Waals surface area contributed by atoms with Gasteiger partial charge in [-0.2, -0.15) is 0 Å². The minimum absolute atomic E-state index is 0.0247. The number of nitrogens with zero attached hydrogens (tertiary/aromatic N) is 1. The third-order valence-electron chi connectivity index (χ3n) is 3.53. The molecule has 0 aromatic rings. The Balaban J connectivity index is 2.11. The largest absolute Gasteiger partial charge is 0.480 e. The molecule has 0 bridgehead atoms. The smallest absolute Gasteiger partial charge is 0.327 e. The molecule has 2 heterocycles. The lowest BCUT2D eigenvalue weighted by atomic mass is 10.1. The van der Waals surface area contributed by atoms with Crippen LogP contribution in [0.25, 0.3) is 0 Å². The van der Waals surface area contributed by atoms with E-state index in [9.17, 15) is 14.7 Å². The molecule has 2 saturated heterocycles. The van der Waals surface area contributed by atoms with Crippen LogP contribution >= 0.6 is 11.8 Å². The van der Waals surface area contributed by atoms with E-state index < -0.39 is 12.0 Å². The van der Waals surface area contributed by atoms with Crippen LogP contribution in [0.1, 0.15) is 32.6 Å². The molecule has 5 nitrogen and oxygen atoms in total. The Morgan fingerprint density at radius 2 is 2.28 bits per heavy atom. The summed E-state index contributed by atoms with van der Waals surface area (Å²) < 4.78 is 0. The number of amides is 1. The lowest BCUT2D eigenvalue weighted by Crippen LogP contribution is -2.51. The van der Waals surface area contributed by atoms with Gasteiger partial charge < -0.3 is 15.3 Å². The number of carboxylic acids is 1. The highest BCUT2D eigenvalue weighted by Gasteiger charge is 2.43. The number of hydrogen-bond acceptors (Lipinski definition) is 4. The minimum atomic E-state index is -0.882. The second-order valence-corrected chi connectivity index (χ2v) is 6.04. The number of carboxylic acid groups (broad SMARTS) is 1. The van der Waals surface area contributed by atoms with Crippen LogP contribution < -0.4 is 5.32 Å². The van der Waals surface area contributed by atoms with Gasteiger partial charge in [0.1, 0.15) is 6.04 Å². The van der Waals surface area contributed by atoms with Crippen LogP contribution in [0.2, 0.25) is 0 Å². The molecule has 18 heavy (non-hydrogen) atoms. The molecule has 2 N–H and O–H groups in total. The quantitative estimate of drug-likeness (QED) is 0.795. The highest BCUT2D eigenvalue weighted by Crippen LogP contribution is 2.33. The van der Waals surface area contributed by atoms with Gasteiger partial charge in [0.25, 0.3) is 0 Å². The Kier molecular flexibility index (Phi) is 4.50. The van der Waals surface area contributed by atoms with E-state index in [0.717, 1.165) is 32.2 Å². The van der Waals surface area contributed by atoms with Crippen molar-refractivity contribution in [1.29, 1.82) is 0 Å². The molecule has 0 spiro atoms. The van der Waals surface area contributed by atoms with Crippen LogP contribution in [-0.4, -0.2) is 51.6 Å². The van der Waals surface area contributed by atoms with E-state index in [0.29, 0.717) is 5.75 Å². The first-order chi connectivity index (χ1) is 8.65. The summed E-state index contributed by atoms with van der Waals surface area (Å²) in [5.41, 5.74) is 0. The molecule has 0 aromatic carbocycles. The molecule has 0 saturated carbocycles. The van der Waals surface area contributed by atoms with Gasteiger partial charge in [0.2, 0.25) is 5.91 Å². The van der Waals surface area contributed by atoms with Crippen molar-refractivity contribution in [2.24, 2.45) is 0 Å². The predicted molar refractivity (Wildman–Crippen MR) is 70.4 cm³/mol. The fourth-order valence-corrected chi connectivity index (χ4v) is 4.12. The zero-order valence-electron chi connectivity index (χ0n) is 10.6. The number of carbonyl (C=O) groups is 2. The fourth-order valence-electron chi connectivity index (χ4n) is 2.59. The Morgan fingerprint density at radius 3 is 2.83 bits per heavy atom. The van der Waals surface area contributed by atoms with Gasteiger partial charge >= 0.3 is 5.97 Å². The molecule has 0 radical (unpaired) electrons. The summed E-state index contributed by atoms with van der Waals surface area (Å²) in [6, 6.07) is -0.827. The van der Waals surface area contributed by atoms with Crippen LogP contribution in [0.4, 0.5) is 0 Å². The summed E-state index contributed by atoms with van der Waals surface area (Å²) in [6.07, 6.45) is 3.65. The Hall–Kier alpha value is -0.750. The SMILES string of the molecule is CCCC1SCC(C(=O)O)N1C(=O)C1CCCN1. The highest BCUT2D eigenvalue weighted by atomic mass is 32.2. The van der Waals surface area contributed by atoms with Crippen LogP contribution in [0, 0.1) is 0 Å². The van der Waals surface area contributed by atoms with Crippen molar-refractivity contribution in [3.05, 3.63) is 0 Å². The van der Waals surface area contributed by atoms with Crippen LogP contribution in [0.15, 0.2) is 0 Å². The maximum absolute atomic E-state index is 12.4. The summed E-state index contributed by atoms with van der Waals surface area (Å²) >= 11 is 1.60. The topological polar surface area (TPSA) is 69.6 Å². The monoisotopic (exact) mass is 272 g/mol. The Bertz CT molecular complexity index is 331. The molecule has 2 aliphatic heterocycles. The molecule has 6 heteroatoms. The molecule has 2 rings (SSSR count). The number of rotatable bonds is 4. The maximum Gasteiger partial charge on any atom is 0.327 e. The van der Waals surface area contributed by atoms with Crippen molar-refractivity contribution in [3.8, 4) is 0 Å². The molecule has 3 unspecified atom stereocenters. The van der Waals surface area contributed by atoms with Crippen molar-refractivity contribution in [3.63, 3.8) is 0 Å². The van der Waals surface area contributed by atoms with Gasteiger partial charge in [0.15, 0.2) is 0 Å². The highest BCUT2D eigenvalue weighted by molar-refractivity contribution is 8.00. The van der Waals surface area contributed by atoms with E-state index in [1.54, 1.807) is 16.7 Å². The minimum Gasteiger partial charge on any atom is -0.480 e. The number of hydrogen-bond donors (Lipinski definition) is 2. The number of aliphatic carboxylic acids is 1. The van der Waals surface area contributed by atoms with Gasteiger partial charge in [-0.05, 0) is 25.8 Å². The molecule has 102 valence electrons. The van der Waals surface area contributed by atoms with E-state index in [-0.39, 0.29) is 17.3 Å². The van der Waals surface area contributed by atoms with Gasteiger partial charge in [0.05, 0.1) is 11.4 Å². The van der Waals surface area contributed by atoms with Crippen molar-refractivity contribution in [2.75, 3.05) is 12.3 Å². The van der Waals surface area contributed by atoms with Gasteiger partial charge in [-0.15, -0.1) is 11.8 Å². The summed E-state index contributed by atoms with van der Waals surface area (Å²) in [5.74, 6) is -0.394. The zero-order chi connectivity index (χ0) is 13.1. The standard InChI is InChI=1S/C12H20N2O3S/c1-2-4-10-14(9(7-18-10)12(16)17)11(15)8-5-3-6-13-8/h8-10,13H,2-7H2,1H3,(H,16,17). The second-order valence-electron chi connectivity index (χ2n) is 4.83. The van der Waals surface area contributed by atoms with E-state index in [1.807, 2.05) is 0 Å². The lowest BCUT2D eigenvalue weighted by molar-refractivity contribution is -0.149. The van der Waals surface area contributed by atoms with Gasteiger partial charge in [-0.3, -0.25) is 4.79 Å². The normalized spacial score (nSPS) is 31.8. The average Bonchev–Trinajstić information content (AvgIpc) is 2.97. The predicted octanol–water partition coefficient (Wildman–Crippen LogP) is 0.893. The molecule has 1 amide bonds. The third-order valence-corrected chi connectivity index (χ3v) is 4.88. The van der Waals surface area contributed by atoms with Crippen LogP contribution in [-0.2, 0) is 9.59 Å². The molecular weight excluding hydrogens is 252 g/mol. The van der Waals surface area contributed by atoms with E-state index >= 15 is 0 Å². The van der Waals surface area contributed by atoms with Crippen molar-refractivity contribution in [1.82, 2.24) is 10.2 Å². The first kappa shape index (κ1) is 13.7. The van der Waals surface area contributed by atoms with Crippen molar-refractivity contribution < 1.29 is 14.7 Å². The first-order valence-electron chi connectivity index (χ1n) is 6.55. The van der Waals surface area contributed by atoms with E-state index in [4.69, 9.17) is 0 Å². The summed E-state index contributed by atoms with van der Waals surface area (Å²) in [7, 11) is 0. The zero-order valence-corrected chi connectivity index (χ0v) is 11.4. The number of carbonyl (C=O) groups excluding carboxylic acids is 1. The summed E-state index contributed by atoms with van der Waals surface area (Å²) in [5, 5.41) is 12.4. The third kappa shape index (κ3) is 2.64. The first-order valence-corrected chi connectivity index (χ1v) is 7.60. The fraction of sp³-hybridized carbons (Fsp3) is 0.833. The van der Waals surface area contributed by atoms with Crippen molar-refractivity contribution in [2.45, 2.75) is 50.1 Å². The lowest BCUT2D eigenvalue weighted by Gasteiger charge is -2.29. The molecule has 2 fully saturated rings. The molecule has 2 aliphatic rings. The summed E-state index contributed by atoms with van der Waals surface area (Å²) in [6.45, 7) is 2.92. The number of thioether (sulfide) groups is 1. The molecule has 0 aromatic heterocycles. The van der Waals surface area contributed by atoms with Gasteiger partial charge in [-0.1, -0.05) is 13.3 Å².